The number of aromatic nitrogens is 17. The summed E-state index contributed by atoms with van der Waals surface area (Å²) in [5, 5.41) is 0. The number of rotatable bonds is 6. The van der Waals surface area contributed by atoms with E-state index in [9.17, 15) is 0 Å². The Hall–Kier alpha value is -10.6. The molecule has 0 saturated carbocycles. The molecule has 0 atom stereocenters. The van der Waals surface area contributed by atoms with Crippen LogP contribution in [0.2, 0.25) is 0 Å². The second kappa shape index (κ2) is 30.0. The minimum absolute atomic E-state index is 0.730. The third-order valence-corrected chi connectivity index (χ3v) is 10.5. The lowest BCUT2D eigenvalue weighted by molar-refractivity contribution is 1.05. The van der Waals surface area contributed by atoms with Crippen molar-refractivity contribution in [2.45, 2.75) is 41.5 Å². The lowest BCUT2D eigenvalue weighted by Gasteiger charge is -1.99. The van der Waals surface area contributed by atoms with E-state index in [1.807, 2.05) is 175 Å². The molecular weight excluding hydrogens is 971 g/mol. The Morgan fingerprint density at radius 1 is 0.218 bits per heavy atom. The quantitative estimate of drug-likeness (QED) is 0.151. The van der Waals surface area contributed by atoms with Gasteiger partial charge in [0.2, 0.25) is 0 Å². The van der Waals surface area contributed by atoms with Gasteiger partial charge in [-0.05, 0) is 139 Å². The van der Waals surface area contributed by atoms with Crippen LogP contribution in [0.3, 0.4) is 0 Å². The van der Waals surface area contributed by atoms with E-state index in [0.29, 0.717) is 0 Å². The molecule has 0 saturated heterocycles. The van der Waals surface area contributed by atoms with Crippen molar-refractivity contribution < 1.29 is 0 Å². The molecule has 17 nitrogen and oxygen atoms in total. The van der Waals surface area contributed by atoms with Crippen molar-refractivity contribution in [3.05, 3.63) is 261 Å². The maximum absolute atomic E-state index is 4.33. The Labute approximate surface area is 453 Å². The first-order valence-electron chi connectivity index (χ1n) is 24.5. The highest BCUT2D eigenvalue weighted by Crippen LogP contribution is 2.18. The zero-order valence-electron chi connectivity index (χ0n) is 44.0. The van der Waals surface area contributed by atoms with Gasteiger partial charge >= 0.3 is 0 Å². The van der Waals surface area contributed by atoms with E-state index < -0.39 is 0 Å². The van der Waals surface area contributed by atoms with Gasteiger partial charge in [-0.1, -0.05) is 36.4 Å². The van der Waals surface area contributed by atoms with Crippen molar-refractivity contribution in [1.82, 2.24) is 84.7 Å². The molecule has 384 valence electrons. The first-order chi connectivity index (χ1) is 38.2. The molecule has 12 aromatic rings. The minimum Gasteiger partial charge on any atom is -0.265 e. The van der Waals surface area contributed by atoms with Gasteiger partial charge in [0.15, 0.2) is 11.6 Å². The molecule has 0 aliphatic carbocycles. The Balaban J connectivity index is 0.000000136. The van der Waals surface area contributed by atoms with Gasteiger partial charge in [0.1, 0.15) is 23.3 Å². The molecule has 0 unspecified atom stereocenters. The fourth-order valence-corrected chi connectivity index (χ4v) is 6.78. The summed E-state index contributed by atoms with van der Waals surface area (Å²) in [6, 6.07) is 42.5. The molecule has 12 rings (SSSR count). The molecule has 0 N–H and O–H groups in total. The van der Waals surface area contributed by atoms with Gasteiger partial charge in [-0.15, -0.1) is 0 Å². The number of pyridine rings is 5. The van der Waals surface area contributed by atoms with Gasteiger partial charge in [-0.3, -0.25) is 24.9 Å². The van der Waals surface area contributed by atoms with Crippen LogP contribution in [0.4, 0.5) is 0 Å². The topological polar surface area (TPSA) is 219 Å². The minimum atomic E-state index is 0.730. The van der Waals surface area contributed by atoms with Crippen LogP contribution in [-0.2, 0) is 0 Å². The van der Waals surface area contributed by atoms with E-state index in [4.69, 9.17) is 0 Å². The summed E-state index contributed by atoms with van der Waals surface area (Å²) >= 11 is 0. The zero-order chi connectivity index (χ0) is 54.6. The van der Waals surface area contributed by atoms with Crippen molar-refractivity contribution in [1.29, 1.82) is 0 Å². The Bertz CT molecular complexity index is 3010. The molecule has 78 heavy (non-hydrogen) atoms. The van der Waals surface area contributed by atoms with E-state index in [0.717, 1.165) is 103 Å². The van der Waals surface area contributed by atoms with Gasteiger partial charge in [0, 0.05) is 132 Å². The summed E-state index contributed by atoms with van der Waals surface area (Å²) in [7, 11) is 0. The maximum Gasteiger partial charge on any atom is 0.160 e. The molecule has 11 heterocycles. The fourth-order valence-electron chi connectivity index (χ4n) is 6.78. The summed E-state index contributed by atoms with van der Waals surface area (Å²) in [5.74, 6) is 4.62. The van der Waals surface area contributed by atoms with Crippen LogP contribution in [-0.4, -0.2) is 84.7 Å². The fraction of sp³-hybridized carbons (Fsp3) is 0.0984. The number of nitrogens with zero attached hydrogens (tertiary/aromatic N) is 17. The highest BCUT2D eigenvalue weighted by atomic mass is 14.9. The van der Waals surface area contributed by atoms with Crippen molar-refractivity contribution in [3.63, 3.8) is 0 Å². The molecule has 17 heteroatoms. The largest absolute Gasteiger partial charge is 0.265 e. The van der Waals surface area contributed by atoms with Crippen molar-refractivity contribution in [2.24, 2.45) is 0 Å². The van der Waals surface area contributed by atoms with Gasteiger partial charge in [-0.2, -0.15) is 0 Å². The van der Waals surface area contributed by atoms with E-state index in [-0.39, 0.29) is 0 Å². The SMILES string of the molecule is Cc1ccnc(-c2cccnc2)n1.Cc1ccnc(-c2ccncc2)n1.Cc1nccc(-c2ccccc2)n1.Cc1nccc(-c2ccccn2)n1.Cc1nccc(-c2cccnc2)n1.Cc1nccc(-c2ccncc2)n1. The highest BCUT2D eigenvalue weighted by Gasteiger charge is 2.03. The van der Waals surface area contributed by atoms with Crippen molar-refractivity contribution in [2.75, 3.05) is 0 Å². The van der Waals surface area contributed by atoms with E-state index >= 15 is 0 Å². The lowest BCUT2D eigenvalue weighted by Crippen LogP contribution is -1.90. The summed E-state index contributed by atoms with van der Waals surface area (Å²) < 4.78 is 0. The Kier molecular flexibility index (Phi) is 21.2. The van der Waals surface area contributed by atoms with Crippen molar-refractivity contribution >= 4 is 0 Å². The average Bonchev–Trinajstić information content (AvgIpc) is 3.49. The highest BCUT2D eigenvalue weighted by molar-refractivity contribution is 5.60. The Morgan fingerprint density at radius 3 is 1.06 bits per heavy atom. The average molecular weight is 1030 g/mol. The summed E-state index contributed by atoms with van der Waals surface area (Å²) in [4.78, 5) is 70.4. The molecular formula is C61H55N17. The van der Waals surface area contributed by atoms with Crippen molar-refractivity contribution in [3.8, 4) is 67.9 Å². The number of hydrogen-bond donors (Lipinski definition) is 0. The van der Waals surface area contributed by atoms with Gasteiger partial charge < -0.3 is 0 Å². The van der Waals surface area contributed by atoms with Crippen LogP contribution in [0.15, 0.2) is 226 Å². The summed E-state index contributed by atoms with van der Waals surface area (Å²) in [6.07, 6.45) is 26.3. The summed E-state index contributed by atoms with van der Waals surface area (Å²) in [5.41, 5.74) is 11.7. The molecule has 0 aliphatic heterocycles. The van der Waals surface area contributed by atoms with Crippen LogP contribution in [0.1, 0.15) is 34.7 Å². The molecule has 11 aromatic heterocycles. The number of benzene rings is 1. The molecule has 0 radical (unpaired) electrons. The van der Waals surface area contributed by atoms with Crippen LogP contribution < -0.4 is 0 Å². The smallest absolute Gasteiger partial charge is 0.160 e. The molecule has 0 bridgehead atoms. The first kappa shape index (κ1) is 55.2. The predicted molar refractivity (Wildman–Crippen MR) is 302 cm³/mol. The third-order valence-electron chi connectivity index (χ3n) is 10.5. The first-order valence-corrected chi connectivity index (χ1v) is 24.5. The predicted octanol–water partition coefficient (Wildman–Crippen LogP) is 11.7. The molecule has 0 spiro atoms. The molecule has 1 aromatic carbocycles. The molecule has 0 aliphatic rings. The number of aryl methyl sites for hydroxylation is 6. The van der Waals surface area contributed by atoms with Gasteiger partial charge in [0.25, 0.3) is 0 Å². The van der Waals surface area contributed by atoms with Crippen LogP contribution in [0, 0.1) is 41.5 Å². The summed E-state index contributed by atoms with van der Waals surface area (Å²) in [6.45, 7) is 11.4. The van der Waals surface area contributed by atoms with Gasteiger partial charge in [-0.25, -0.2) is 59.8 Å². The molecule has 0 fully saturated rings. The third kappa shape index (κ3) is 18.4. The van der Waals surface area contributed by atoms with E-state index in [2.05, 4.69) is 84.7 Å². The maximum atomic E-state index is 4.33. The standard InChI is InChI=1S/C11H10N2.5C10H9N3/c1-9-12-8-7-11(13-9)10-5-3-2-4-6-10;1-8-2-7-12-10(13-8)9-3-5-11-6-4-9;1-8-12-7-4-10(13-8)9-2-5-11-6-3-9;1-8-12-6-4-10(13-8)9-3-2-5-11-7-9;1-8-4-6-12-10(13-8)9-3-2-5-11-7-9;1-8-11-7-5-10(13-8)9-4-2-3-6-12-9/h2-8H,1H3;5*2-7H,1H3. The van der Waals surface area contributed by atoms with E-state index in [1.165, 1.54) is 0 Å². The number of hydrogen-bond acceptors (Lipinski definition) is 17. The second-order valence-electron chi connectivity index (χ2n) is 16.5. The normalized spacial score (nSPS) is 9.92. The van der Waals surface area contributed by atoms with Crippen LogP contribution in [0.5, 0.6) is 0 Å². The van der Waals surface area contributed by atoms with Gasteiger partial charge in [0.05, 0.1) is 28.5 Å². The zero-order valence-corrected chi connectivity index (χ0v) is 44.0. The monoisotopic (exact) mass is 1030 g/mol. The second-order valence-corrected chi connectivity index (χ2v) is 16.5. The van der Waals surface area contributed by atoms with Crippen LogP contribution in [0.25, 0.3) is 67.9 Å². The van der Waals surface area contributed by atoms with E-state index in [1.54, 1.807) is 93.0 Å². The molecule has 0 amide bonds. The van der Waals surface area contributed by atoms with Crippen LogP contribution >= 0.6 is 0 Å². The Morgan fingerprint density at radius 2 is 0.615 bits per heavy atom. The lowest BCUT2D eigenvalue weighted by atomic mass is 10.1.